The van der Waals surface area contributed by atoms with Crippen LogP contribution in [0.4, 0.5) is 0 Å². The lowest BCUT2D eigenvalue weighted by Gasteiger charge is -2.15. The maximum absolute atomic E-state index is 11.9. The van der Waals surface area contributed by atoms with Gasteiger partial charge in [-0.2, -0.15) is 0 Å². The number of hydrogen-bond donors (Lipinski definition) is 1. The maximum atomic E-state index is 11.9. The number of aromatic nitrogens is 3. The highest BCUT2D eigenvalue weighted by Crippen LogP contribution is 2.12. The minimum absolute atomic E-state index is 0.0267. The number of carbonyl (C=O) groups is 1. The second-order valence-corrected chi connectivity index (χ2v) is 6.07. The summed E-state index contributed by atoms with van der Waals surface area (Å²) in [6.45, 7) is 1.66. The van der Waals surface area contributed by atoms with Gasteiger partial charge in [-0.05, 0) is 19.2 Å². The molecule has 0 fully saturated rings. The van der Waals surface area contributed by atoms with E-state index < -0.39 is 0 Å². The number of likely N-dealkylation sites (N-methyl/N-ethyl adjacent to an activating group) is 1. The molecular weight excluding hydrogens is 298 g/mol. The molecule has 0 unspecified atom stereocenters. The third kappa shape index (κ3) is 5.50. The Hall–Kier alpha value is -1.86. The Morgan fingerprint density at radius 3 is 2.91 bits per heavy atom. The summed E-state index contributed by atoms with van der Waals surface area (Å²) in [6.07, 6.45) is 5.44. The van der Waals surface area contributed by atoms with E-state index in [-0.39, 0.29) is 5.91 Å². The van der Waals surface area contributed by atoms with Gasteiger partial charge in [0.2, 0.25) is 5.91 Å². The lowest BCUT2D eigenvalue weighted by atomic mass is 10.3. The number of nitrogens with zero attached hydrogens (tertiary/aromatic N) is 4. The predicted molar refractivity (Wildman–Crippen MR) is 87.5 cm³/mol. The van der Waals surface area contributed by atoms with Gasteiger partial charge in [0.1, 0.15) is 0 Å². The largest absolute Gasteiger partial charge is 0.354 e. The van der Waals surface area contributed by atoms with Crippen molar-refractivity contribution < 1.29 is 4.79 Å². The van der Waals surface area contributed by atoms with Crippen LogP contribution in [0, 0.1) is 0 Å². The van der Waals surface area contributed by atoms with Gasteiger partial charge in [-0.3, -0.25) is 14.7 Å². The zero-order valence-electron chi connectivity index (χ0n) is 12.9. The number of amides is 1. The van der Waals surface area contributed by atoms with Crippen molar-refractivity contribution in [2.45, 2.75) is 11.7 Å². The molecule has 2 aromatic rings. The van der Waals surface area contributed by atoms with Crippen molar-refractivity contribution in [2.24, 2.45) is 7.05 Å². The highest BCUT2D eigenvalue weighted by atomic mass is 32.2. The first kappa shape index (κ1) is 16.5. The summed E-state index contributed by atoms with van der Waals surface area (Å²) in [4.78, 5) is 22.3. The van der Waals surface area contributed by atoms with Crippen molar-refractivity contribution in [1.29, 1.82) is 0 Å². The summed E-state index contributed by atoms with van der Waals surface area (Å²) in [5.41, 5.74) is 0.961. The average molecular weight is 319 g/mol. The highest BCUT2D eigenvalue weighted by molar-refractivity contribution is 7.99. The Labute approximate surface area is 134 Å². The van der Waals surface area contributed by atoms with Gasteiger partial charge >= 0.3 is 0 Å². The van der Waals surface area contributed by atoms with Crippen molar-refractivity contribution in [1.82, 2.24) is 24.8 Å². The van der Waals surface area contributed by atoms with E-state index in [4.69, 9.17) is 0 Å². The molecule has 0 aromatic carbocycles. The van der Waals surface area contributed by atoms with E-state index in [0.29, 0.717) is 19.6 Å². The van der Waals surface area contributed by atoms with E-state index in [1.54, 1.807) is 24.2 Å². The first-order valence-corrected chi connectivity index (χ1v) is 8.09. The van der Waals surface area contributed by atoms with Crippen LogP contribution in [-0.2, 0) is 18.4 Å². The van der Waals surface area contributed by atoms with Gasteiger partial charge in [-0.15, -0.1) is 0 Å². The SMILES string of the molecule is CN(CC(=O)NCCSc1nccn1C)Cc1ccccn1. The quantitative estimate of drug-likeness (QED) is 0.584. The molecule has 1 N–H and O–H groups in total. The molecule has 0 bridgehead atoms. The van der Waals surface area contributed by atoms with Gasteiger partial charge in [0.25, 0.3) is 0 Å². The van der Waals surface area contributed by atoms with Crippen molar-refractivity contribution in [3.05, 3.63) is 42.5 Å². The third-order valence-electron chi connectivity index (χ3n) is 3.00. The van der Waals surface area contributed by atoms with Gasteiger partial charge in [0.15, 0.2) is 5.16 Å². The standard InChI is InChI=1S/C15H21N5OS/c1-19(11-13-5-3-4-6-16-13)12-14(21)17-8-10-22-15-18-7-9-20(15)2/h3-7,9H,8,10-12H2,1-2H3,(H,17,21). The fourth-order valence-corrected chi connectivity index (χ4v) is 2.74. The molecular formula is C15H21N5OS. The molecule has 2 aromatic heterocycles. The molecule has 0 aliphatic heterocycles. The van der Waals surface area contributed by atoms with Crippen molar-refractivity contribution in [2.75, 3.05) is 25.9 Å². The number of rotatable bonds is 8. The van der Waals surface area contributed by atoms with E-state index in [2.05, 4.69) is 15.3 Å². The second kappa shape index (κ2) is 8.55. The average Bonchev–Trinajstić information content (AvgIpc) is 2.90. The zero-order chi connectivity index (χ0) is 15.8. The van der Waals surface area contributed by atoms with Gasteiger partial charge < -0.3 is 9.88 Å². The third-order valence-corrected chi connectivity index (χ3v) is 4.06. The Morgan fingerprint density at radius 1 is 1.36 bits per heavy atom. The van der Waals surface area contributed by atoms with Crippen LogP contribution in [0.2, 0.25) is 0 Å². The van der Waals surface area contributed by atoms with Crippen LogP contribution in [0.25, 0.3) is 0 Å². The Balaban J connectivity index is 1.62. The summed E-state index contributed by atoms with van der Waals surface area (Å²) >= 11 is 1.63. The number of aryl methyl sites for hydroxylation is 1. The molecule has 0 aliphatic rings. The van der Waals surface area contributed by atoms with Crippen molar-refractivity contribution in [3.63, 3.8) is 0 Å². The predicted octanol–water partition coefficient (Wildman–Crippen LogP) is 1.16. The molecule has 118 valence electrons. The lowest BCUT2D eigenvalue weighted by Crippen LogP contribution is -2.36. The molecule has 0 saturated carbocycles. The summed E-state index contributed by atoms with van der Waals surface area (Å²) < 4.78 is 1.97. The molecule has 0 saturated heterocycles. The van der Waals surface area contributed by atoms with Crippen molar-refractivity contribution >= 4 is 17.7 Å². The lowest BCUT2D eigenvalue weighted by molar-refractivity contribution is -0.121. The Morgan fingerprint density at radius 2 is 2.23 bits per heavy atom. The highest BCUT2D eigenvalue weighted by Gasteiger charge is 2.07. The topological polar surface area (TPSA) is 63.1 Å². The molecule has 0 aliphatic carbocycles. The minimum atomic E-state index is 0.0267. The number of thioether (sulfide) groups is 1. The van der Waals surface area contributed by atoms with Gasteiger partial charge in [0, 0.05) is 44.5 Å². The fraction of sp³-hybridized carbons (Fsp3) is 0.400. The maximum Gasteiger partial charge on any atom is 0.234 e. The van der Waals surface area contributed by atoms with Crippen LogP contribution in [0.3, 0.4) is 0 Å². The molecule has 6 nitrogen and oxygen atoms in total. The molecule has 22 heavy (non-hydrogen) atoms. The number of pyridine rings is 1. The molecule has 2 rings (SSSR count). The van der Waals surface area contributed by atoms with Gasteiger partial charge in [-0.1, -0.05) is 17.8 Å². The summed E-state index contributed by atoms with van der Waals surface area (Å²) in [6, 6.07) is 5.79. The molecule has 1 amide bonds. The number of hydrogen-bond acceptors (Lipinski definition) is 5. The van der Waals surface area contributed by atoms with E-state index in [1.807, 2.05) is 48.0 Å². The van der Waals surface area contributed by atoms with Crippen LogP contribution in [0.5, 0.6) is 0 Å². The van der Waals surface area contributed by atoms with E-state index >= 15 is 0 Å². The first-order valence-electron chi connectivity index (χ1n) is 7.10. The number of imidazole rings is 1. The normalized spacial score (nSPS) is 10.9. The Bertz CT molecular complexity index is 587. The van der Waals surface area contributed by atoms with Gasteiger partial charge in [0.05, 0.1) is 12.2 Å². The fourth-order valence-electron chi connectivity index (χ4n) is 1.95. The Kier molecular flexibility index (Phi) is 6.42. The summed E-state index contributed by atoms with van der Waals surface area (Å²) in [7, 11) is 3.87. The number of nitrogens with one attached hydrogen (secondary N) is 1. The molecule has 2 heterocycles. The summed E-state index contributed by atoms with van der Waals surface area (Å²) in [5.74, 6) is 0.833. The number of carbonyl (C=O) groups excluding carboxylic acids is 1. The summed E-state index contributed by atoms with van der Waals surface area (Å²) in [5, 5.41) is 3.88. The molecule has 0 spiro atoms. The monoisotopic (exact) mass is 319 g/mol. The van der Waals surface area contributed by atoms with Gasteiger partial charge in [-0.25, -0.2) is 4.98 Å². The van der Waals surface area contributed by atoms with Crippen LogP contribution in [0.1, 0.15) is 5.69 Å². The van der Waals surface area contributed by atoms with Crippen LogP contribution in [-0.4, -0.2) is 51.2 Å². The van der Waals surface area contributed by atoms with Crippen LogP contribution >= 0.6 is 11.8 Å². The smallest absolute Gasteiger partial charge is 0.234 e. The zero-order valence-corrected chi connectivity index (χ0v) is 13.7. The second-order valence-electron chi connectivity index (χ2n) is 5.01. The van der Waals surface area contributed by atoms with E-state index in [1.165, 1.54) is 0 Å². The van der Waals surface area contributed by atoms with Crippen molar-refractivity contribution in [3.8, 4) is 0 Å². The molecule has 0 radical (unpaired) electrons. The first-order chi connectivity index (χ1) is 10.6. The van der Waals surface area contributed by atoms with E-state index in [9.17, 15) is 4.79 Å². The van der Waals surface area contributed by atoms with E-state index in [0.717, 1.165) is 16.6 Å². The molecule has 7 heteroatoms. The minimum Gasteiger partial charge on any atom is -0.354 e. The molecule has 0 atom stereocenters. The van der Waals surface area contributed by atoms with Crippen LogP contribution in [0.15, 0.2) is 41.9 Å². The van der Waals surface area contributed by atoms with Crippen LogP contribution < -0.4 is 5.32 Å².